The van der Waals surface area contributed by atoms with Gasteiger partial charge in [0.05, 0.1) is 0 Å². The van der Waals surface area contributed by atoms with Gasteiger partial charge < -0.3 is 10.8 Å². The molecule has 1 aromatic rings. The summed E-state index contributed by atoms with van der Waals surface area (Å²) in [4.78, 5) is 10.9. The number of aliphatic carboxylic acids is 1. The fourth-order valence-electron chi connectivity index (χ4n) is 1.68. The zero-order chi connectivity index (χ0) is 14.3. The van der Waals surface area contributed by atoms with Crippen molar-refractivity contribution < 1.29 is 23.1 Å². The molecule has 0 saturated carbocycles. The lowest BCUT2D eigenvalue weighted by molar-refractivity contribution is -0.141. The van der Waals surface area contributed by atoms with Crippen LogP contribution in [0.25, 0.3) is 0 Å². The first-order valence-corrected chi connectivity index (χ1v) is 5.08. The summed E-state index contributed by atoms with van der Waals surface area (Å²) in [7, 11) is 1.32. The Kier molecular flexibility index (Phi) is 3.44. The van der Waals surface area contributed by atoms with Crippen molar-refractivity contribution in [2.75, 3.05) is 0 Å². The number of nitrogens with zero attached hydrogens (tertiary/aromatic N) is 2. The van der Waals surface area contributed by atoms with Gasteiger partial charge in [0, 0.05) is 18.2 Å². The van der Waals surface area contributed by atoms with Crippen LogP contribution in [-0.2, 0) is 23.4 Å². The highest BCUT2D eigenvalue weighted by molar-refractivity contribution is 5.75. The summed E-state index contributed by atoms with van der Waals surface area (Å²) in [5.74, 6) is -1.28. The van der Waals surface area contributed by atoms with Gasteiger partial charge in [-0.2, -0.15) is 18.3 Å². The number of hydrogen-bond acceptors (Lipinski definition) is 3. The molecule has 102 valence electrons. The zero-order valence-corrected chi connectivity index (χ0v) is 10.1. The number of carboxylic acid groups (broad SMARTS) is 1. The maximum atomic E-state index is 12.5. The van der Waals surface area contributed by atoms with Crippen molar-refractivity contribution in [1.82, 2.24) is 9.78 Å². The highest BCUT2D eigenvalue weighted by atomic mass is 19.4. The third kappa shape index (κ3) is 2.47. The molecule has 0 saturated heterocycles. The van der Waals surface area contributed by atoms with Crippen LogP contribution in [0.15, 0.2) is 6.07 Å². The van der Waals surface area contributed by atoms with Crippen LogP contribution in [0.5, 0.6) is 0 Å². The second-order valence-corrected chi connectivity index (χ2v) is 4.57. The summed E-state index contributed by atoms with van der Waals surface area (Å²) >= 11 is 0. The molecule has 1 rings (SSSR count). The first-order valence-electron chi connectivity index (χ1n) is 5.08. The van der Waals surface area contributed by atoms with E-state index in [1.807, 2.05) is 0 Å². The Morgan fingerprint density at radius 1 is 1.50 bits per heavy atom. The van der Waals surface area contributed by atoms with E-state index in [0.29, 0.717) is 0 Å². The van der Waals surface area contributed by atoms with Crippen LogP contribution in [0.2, 0.25) is 0 Å². The lowest BCUT2D eigenvalue weighted by Gasteiger charge is -2.28. The number of nitrogens with two attached hydrogens (primary N) is 1. The van der Waals surface area contributed by atoms with Gasteiger partial charge in [-0.1, -0.05) is 13.8 Å². The summed E-state index contributed by atoms with van der Waals surface area (Å²) in [5.41, 5.74) is 3.37. The van der Waals surface area contributed by atoms with Crippen LogP contribution >= 0.6 is 0 Å². The van der Waals surface area contributed by atoms with Gasteiger partial charge in [-0.25, -0.2) is 0 Å². The van der Waals surface area contributed by atoms with Gasteiger partial charge in [0.25, 0.3) is 0 Å². The standard InChI is InChI=1S/C10H14F3N3O2/c1-9(2,7(14)8(17)18)6-4-5(10(11,12)13)15-16(6)3/h4,7H,14H2,1-3H3,(H,17,18). The Morgan fingerprint density at radius 3 is 2.33 bits per heavy atom. The van der Waals surface area contributed by atoms with Crippen molar-refractivity contribution in [3.63, 3.8) is 0 Å². The first-order chi connectivity index (χ1) is 7.98. The van der Waals surface area contributed by atoms with Gasteiger partial charge >= 0.3 is 12.1 Å². The van der Waals surface area contributed by atoms with Crippen LogP contribution in [0.1, 0.15) is 25.2 Å². The molecule has 1 aromatic heterocycles. The summed E-state index contributed by atoms with van der Waals surface area (Å²) in [6.07, 6.45) is -4.57. The van der Waals surface area contributed by atoms with Crippen molar-refractivity contribution in [3.05, 3.63) is 17.5 Å². The van der Waals surface area contributed by atoms with E-state index in [0.717, 1.165) is 10.7 Å². The van der Waals surface area contributed by atoms with E-state index < -0.39 is 29.3 Å². The van der Waals surface area contributed by atoms with E-state index in [4.69, 9.17) is 10.8 Å². The van der Waals surface area contributed by atoms with E-state index in [9.17, 15) is 18.0 Å². The monoisotopic (exact) mass is 265 g/mol. The number of carboxylic acids is 1. The van der Waals surface area contributed by atoms with Gasteiger partial charge in [0.15, 0.2) is 5.69 Å². The Bertz CT molecular complexity index is 465. The molecule has 5 nitrogen and oxygen atoms in total. The van der Waals surface area contributed by atoms with Gasteiger partial charge in [-0.05, 0) is 6.07 Å². The number of rotatable bonds is 3. The van der Waals surface area contributed by atoms with E-state index in [1.54, 1.807) is 0 Å². The molecule has 1 heterocycles. The molecule has 0 spiro atoms. The maximum Gasteiger partial charge on any atom is 0.435 e. The van der Waals surface area contributed by atoms with Crippen LogP contribution in [0, 0.1) is 0 Å². The highest BCUT2D eigenvalue weighted by Gasteiger charge is 2.40. The van der Waals surface area contributed by atoms with E-state index in [2.05, 4.69) is 5.10 Å². The van der Waals surface area contributed by atoms with Crippen molar-refractivity contribution in [2.24, 2.45) is 12.8 Å². The summed E-state index contributed by atoms with van der Waals surface area (Å²) in [5, 5.41) is 12.2. The minimum Gasteiger partial charge on any atom is -0.480 e. The SMILES string of the molecule is Cn1nc(C(F)(F)F)cc1C(C)(C)C(N)C(=O)O. The molecule has 3 N–H and O–H groups in total. The van der Waals surface area contributed by atoms with Crippen LogP contribution in [-0.4, -0.2) is 26.9 Å². The number of hydrogen-bond donors (Lipinski definition) is 2. The number of halogens is 3. The molecule has 0 fully saturated rings. The van der Waals surface area contributed by atoms with Gasteiger partial charge in [-0.15, -0.1) is 0 Å². The third-order valence-electron chi connectivity index (χ3n) is 2.87. The Hall–Kier alpha value is -1.57. The fraction of sp³-hybridized carbons (Fsp3) is 0.600. The number of carbonyl (C=O) groups is 1. The number of aromatic nitrogens is 2. The van der Waals surface area contributed by atoms with E-state index >= 15 is 0 Å². The summed E-state index contributed by atoms with van der Waals surface area (Å²) < 4.78 is 38.5. The predicted octanol–water partition coefficient (Wildman–Crippen LogP) is 1.13. The third-order valence-corrected chi connectivity index (χ3v) is 2.87. The van der Waals surface area contributed by atoms with E-state index in [-0.39, 0.29) is 5.69 Å². The van der Waals surface area contributed by atoms with Gasteiger partial charge in [-0.3, -0.25) is 9.48 Å². The van der Waals surface area contributed by atoms with Crippen molar-refractivity contribution >= 4 is 5.97 Å². The molecule has 0 radical (unpaired) electrons. The van der Waals surface area contributed by atoms with Crippen molar-refractivity contribution in [1.29, 1.82) is 0 Å². The van der Waals surface area contributed by atoms with Gasteiger partial charge in [0.1, 0.15) is 6.04 Å². The topological polar surface area (TPSA) is 81.1 Å². The zero-order valence-electron chi connectivity index (χ0n) is 10.1. The quantitative estimate of drug-likeness (QED) is 0.858. The van der Waals surface area contributed by atoms with Crippen molar-refractivity contribution in [2.45, 2.75) is 31.5 Å². The maximum absolute atomic E-state index is 12.5. The fourth-order valence-corrected chi connectivity index (χ4v) is 1.68. The molecule has 1 unspecified atom stereocenters. The van der Waals surface area contributed by atoms with E-state index in [1.165, 1.54) is 20.9 Å². The highest BCUT2D eigenvalue weighted by Crippen LogP contribution is 2.33. The minimum absolute atomic E-state index is 0.115. The smallest absolute Gasteiger partial charge is 0.435 e. The summed E-state index contributed by atoms with van der Waals surface area (Å²) in [6.45, 7) is 2.92. The molecule has 0 bridgehead atoms. The average Bonchev–Trinajstić information content (AvgIpc) is 2.59. The molecule has 0 amide bonds. The molecular formula is C10H14F3N3O2. The number of aryl methyl sites for hydroxylation is 1. The number of alkyl halides is 3. The minimum atomic E-state index is -4.57. The van der Waals surface area contributed by atoms with Gasteiger partial charge in [0.2, 0.25) is 0 Å². The molecular weight excluding hydrogens is 251 g/mol. The molecule has 8 heteroatoms. The van der Waals surface area contributed by atoms with Crippen LogP contribution in [0.4, 0.5) is 13.2 Å². The second kappa shape index (κ2) is 4.27. The van der Waals surface area contributed by atoms with Crippen LogP contribution in [0.3, 0.4) is 0 Å². The Morgan fingerprint density at radius 2 is 2.00 bits per heavy atom. The van der Waals surface area contributed by atoms with Crippen molar-refractivity contribution in [3.8, 4) is 0 Å². The summed E-state index contributed by atoms with van der Waals surface area (Å²) in [6, 6.07) is -0.503. The average molecular weight is 265 g/mol. The second-order valence-electron chi connectivity index (χ2n) is 4.57. The molecule has 0 aliphatic rings. The lowest BCUT2D eigenvalue weighted by atomic mass is 9.81. The Labute approximate surface area is 101 Å². The largest absolute Gasteiger partial charge is 0.480 e. The van der Waals surface area contributed by atoms with Crippen LogP contribution < -0.4 is 5.73 Å². The molecule has 0 aliphatic carbocycles. The molecule has 0 aromatic carbocycles. The molecule has 0 aliphatic heterocycles. The first kappa shape index (κ1) is 14.5. The normalized spacial score (nSPS) is 14.6. The molecule has 18 heavy (non-hydrogen) atoms. The predicted molar refractivity (Wildman–Crippen MR) is 56.8 cm³/mol. The Balaban J connectivity index is 3.26. The molecule has 1 atom stereocenters. The lowest BCUT2D eigenvalue weighted by Crippen LogP contribution is -2.47.